The summed E-state index contributed by atoms with van der Waals surface area (Å²) in [5.41, 5.74) is 2.15. The minimum Gasteiger partial charge on any atom is -0.497 e. The first-order chi connectivity index (χ1) is 19.5. The van der Waals surface area contributed by atoms with E-state index in [-0.39, 0.29) is 11.5 Å². The summed E-state index contributed by atoms with van der Waals surface area (Å²) in [6.45, 7) is 3.76. The van der Waals surface area contributed by atoms with E-state index in [1.165, 1.54) is 17.8 Å². The van der Waals surface area contributed by atoms with Gasteiger partial charge in [-0.05, 0) is 62.1 Å². The van der Waals surface area contributed by atoms with Gasteiger partial charge < -0.3 is 19.4 Å². The molecule has 1 atom stereocenters. The van der Waals surface area contributed by atoms with Gasteiger partial charge in [-0.3, -0.25) is 14.2 Å². The van der Waals surface area contributed by atoms with Crippen molar-refractivity contribution < 1.29 is 13.9 Å². The highest BCUT2D eigenvalue weighted by Gasteiger charge is 2.33. The Kier molecular flexibility index (Phi) is 7.13. The molecule has 9 heteroatoms. The smallest absolute Gasteiger partial charge is 0.271 e. The lowest BCUT2D eigenvalue weighted by molar-refractivity contribution is -0.113. The monoisotopic (exact) mass is 554 g/mol. The summed E-state index contributed by atoms with van der Waals surface area (Å²) in [4.78, 5) is 35.1. The molecular formula is C31H30N4O4S. The highest BCUT2D eigenvalue weighted by molar-refractivity contribution is 7.07. The van der Waals surface area contributed by atoms with Crippen LogP contribution < -0.4 is 29.8 Å². The number of methoxy groups -OCH3 is 1. The van der Waals surface area contributed by atoms with Gasteiger partial charge in [-0.2, -0.15) is 0 Å². The molecule has 1 saturated heterocycles. The second kappa shape index (κ2) is 11.0. The number of amides is 1. The van der Waals surface area contributed by atoms with E-state index < -0.39 is 6.04 Å². The summed E-state index contributed by atoms with van der Waals surface area (Å²) in [5.74, 6) is 1.76. The molecule has 40 heavy (non-hydrogen) atoms. The van der Waals surface area contributed by atoms with E-state index >= 15 is 0 Å². The number of carbonyl (C=O) groups is 1. The minimum atomic E-state index is -0.683. The Morgan fingerprint density at radius 3 is 2.65 bits per heavy atom. The molecule has 2 aromatic carbocycles. The van der Waals surface area contributed by atoms with Crippen molar-refractivity contribution in [3.05, 3.63) is 109 Å². The van der Waals surface area contributed by atoms with Crippen LogP contribution >= 0.6 is 11.3 Å². The Hall–Kier alpha value is -4.37. The number of furan rings is 1. The highest BCUT2D eigenvalue weighted by atomic mass is 32.1. The van der Waals surface area contributed by atoms with Crippen LogP contribution in [0.5, 0.6) is 5.75 Å². The van der Waals surface area contributed by atoms with Gasteiger partial charge in [0.1, 0.15) is 11.5 Å². The molecule has 0 unspecified atom stereocenters. The van der Waals surface area contributed by atoms with Gasteiger partial charge in [0.05, 0.1) is 29.0 Å². The van der Waals surface area contributed by atoms with Gasteiger partial charge in [-0.25, -0.2) is 4.99 Å². The summed E-state index contributed by atoms with van der Waals surface area (Å²) in [6, 6.07) is 19.9. The molecule has 0 aliphatic carbocycles. The van der Waals surface area contributed by atoms with Gasteiger partial charge in [0, 0.05) is 30.9 Å². The fourth-order valence-electron chi connectivity index (χ4n) is 5.29. The molecule has 1 fully saturated rings. The molecule has 0 bridgehead atoms. The number of piperidine rings is 1. The average molecular weight is 555 g/mol. The molecule has 4 heterocycles. The molecule has 4 aromatic rings. The minimum absolute atomic E-state index is 0.231. The zero-order chi connectivity index (χ0) is 27.6. The summed E-state index contributed by atoms with van der Waals surface area (Å²) in [6.07, 6.45) is 5.31. The quantitative estimate of drug-likeness (QED) is 0.380. The molecule has 1 N–H and O–H groups in total. The molecule has 2 aromatic heterocycles. The van der Waals surface area contributed by atoms with Crippen molar-refractivity contribution in [1.82, 2.24) is 4.57 Å². The van der Waals surface area contributed by atoms with Crippen LogP contribution in [-0.2, 0) is 4.79 Å². The van der Waals surface area contributed by atoms with Crippen molar-refractivity contribution in [2.24, 2.45) is 4.99 Å². The summed E-state index contributed by atoms with van der Waals surface area (Å²) < 4.78 is 13.7. The molecule has 0 radical (unpaired) electrons. The fourth-order valence-corrected chi connectivity index (χ4v) is 6.32. The number of hydrogen-bond donors (Lipinski definition) is 1. The predicted octanol–water partition coefficient (Wildman–Crippen LogP) is 4.47. The number of benzene rings is 2. The lowest BCUT2D eigenvalue weighted by atomic mass is 9.95. The lowest BCUT2D eigenvalue weighted by Gasteiger charge is -2.25. The van der Waals surface area contributed by atoms with Gasteiger partial charge in [0.15, 0.2) is 10.7 Å². The second-order valence-corrected chi connectivity index (χ2v) is 10.9. The van der Waals surface area contributed by atoms with E-state index in [1.807, 2.05) is 73.7 Å². The molecule has 0 spiro atoms. The average Bonchev–Trinajstić information content (AvgIpc) is 3.57. The van der Waals surface area contributed by atoms with E-state index in [1.54, 1.807) is 17.8 Å². The van der Waals surface area contributed by atoms with Crippen molar-refractivity contribution >= 4 is 34.9 Å². The molecule has 2 aliphatic rings. The highest BCUT2D eigenvalue weighted by Crippen LogP contribution is 2.32. The summed E-state index contributed by atoms with van der Waals surface area (Å²) in [5, 5.41) is 2.97. The van der Waals surface area contributed by atoms with Crippen molar-refractivity contribution in [1.29, 1.82) is 0 Å². The van der Waals surface area contributed by atoms with Crippen molar-refractivity contribution in [2.75, 3.05) is 30.4 Å². The summed E-state index contributed by atoms with van der Waals surface area (Å²) >= 11 is 1.29. The molecule has 8 nitrogen and oxygen atoms in total. The largest absolute Gasteiger partial charge is 0.497 e. The Morgan fingerprint density at radius 2 is 1.88 bits per heavy atom. The number of rotatable bonds is 6. The van der Waals surface area contributed by atoms with Crippen LogP contribution in [0.1, 0.15) is 43.6 Å². The second-order valence-electron chi connectivity index (χ2n) is 9.90. The first-order valence-corrected chi connectivity index (χ1v) is 14.2. The Labute approximate surface area is 235 Å². The van der Waals surface area contributed by atoms with Gasteiger partial charge in [0.25, 0.3) is 11.5 Å². The van der Waals surface area contributed by atoms with Crippen LogP contribution in [0.25, 0.3) is 6.08 Å². The number of thiazole rings is 1. The molecule has 2 aliphatic heterocycles. The topological polar surface area (TPSA) is 89.1 Å². The third kappa shape index (κ3) is 5.00. The Bertz CT molecular complexity index is 1760. The third-order valence-electron chi connectivity index (χ3n) is 7.26. The molecular weight excluding hydrogens is 524 g/mol. The van der Waals surface area contributed by atoms with Crippen LogP contribution in [0.2, 0.25) is 0 Å². The van der Waals surface area contributed by atoms with Crippen LogP contribution in [0.3, 0.4) is 0 Å². The van der Waals surface area contributed by atoms with Gasteiger partial charge in [-0.15, -0.1) is 0 Å². The summed E-state index contributed by atoms with van der Waals surface area (Å²) in [7, 11) is 1.59. The van der Waals surface area contributed by atoms with Crippen LogP contribution in [-0.4, -0.2) is 30.7 Å². The number of nitrogens with one attached hydrogen (secondary N) is 1. The molecule has 204 valence electrons. The zero-order valence-corrected chi connectivity index (χ0v) is 23.2. The van der Waals surface area contributed by atoms with Crippen molar-refractivity contribution in [2.45, 2.75) is 32.2 Å². The third-order valence-corrected chi connectivity index (χ3v) is 8.24. The normalized spacial score (nSPS) is 17.4. The fraction of sp³-hybridized carbons (Fsp3) is 0.258. The van der Waals surface area contributed by atoms with E-state index in [2.05, 4.69) is 10.2 Å². The van der Waals surface area contributed by atoms with E-state index in [0.717, 1.165) is 37.4 Å². The number of nitrogens with zero attached hydrogens (tertiary/aromatic N) is 3. The van der Waals surface area contributed by atoms with Crippen LogP contribution in [0.4, 0.5) is 11.6 Å². The number of fused-ring (bicyclic) bond motifs is 1. The number of ether oxygens (including phenoxy) is 1. The van der Waals surface area contributed by atoms with Crippen LogP contribution in [0.15, 0.2) is 92.2 Å². The van der Waals surface area contributed by atoms with E-state index in [9.17, 15) is 9.59 Å². The molecule has 1 amide bonds. The van der Waals surface area contributed by atoms with Crippen molar-refractivity contribution in [3.63, 3.8) is 0 Å². The van der Waals surface area contributed by atoms with Crippen molar-refractivity contribution in [3.8, 4) is 5.75 Å². The number of para-hydroxylation sites is 1. The first-order valence-electron chi connectivity index (χ1n) is 13.4. The first kappa shape index (κ1) is 25.9. The standard InChI is InChI=1S/C31H30N4O4S/c1-20-27(29(36)33-22-11-5-3-6-12-22)28(21-10-9-13-23(18-21)38-2)35-30(37)25(40-31(35)32-20)19-24-14-15-26(39-24)34-16-7-4-8-17-34/h3,5-6,9-15,18-19,28H,4,7-8,16-17H2,1-2H3,(H,33,36)/b25-19-/t28-/m0/s1. The number of aromatic nitrogens is 1. The SMILES string of the molecule is COc1cccc([C@H]2C(C(=O)Nc3ccccc3)=C(C)N=c3s/c(=C\c4ccc(N5CCCCC5)o4)c(=O)n32)c1. The number of carbonyl (C=O) groups excluding carboxylic acids is 1. The maximum absolute atomic E-state index is 13.9. The number of allylic oxidation sites excluding steroid dienone is 1. The van der Waals surface area contributed by atoms with E-state index in [4.69, 9.17) is 14.1 Å². The molecule has 0 saturated carbocycles. The Morgan fingerprint density at radius 1 is 1.07 bits per heavy atom. The maximum atomic E-state index is 13.9. The molecule has 6 rings (SSSR count). The maximum Gasteiger partial charge on any atom is 0.271 e. The predicted molar refractivity (Wildman–Crippen MR) is 157 cm³/mol. The Balaban J connectivity index is 1.44. The van der Waals surface area contributed by atoms with Gasteiger partial charge in [0.2, 0.25) is 0 Å². The zero-order valence-electron chi connectivity index (χ0n) is 22.4. The van der Waals surface area contributed by atoms with Gasteiger partial charge >= 0.3 is 0 Å². The van der Waals surface area contributed by atoms with E-state index in [0.29, 0.717) is 37.8 Å². The van der Waals surface area contributed by atoms with Crippen LogP contribution in [0, 0.1) is 0 Å². The number of anilines is 2. The lowest BCUT2D eigenvalue weighted by Crippen LogP contribution is -2.40. The van der Waals surface area contributed by atoms with Gasteiger partial charge in [-0.1, -0.05) is 41.7 Å². The number of hydrogen-bond acceptors (Lipinski definition) is 7.